The maximum absolute atomic E-state index is 12.6. The molecule has 3 rings (SSSR count). The lowest BCUT2D eigenvalue weighted by Crippen LogP contribution is -2.42. The van der Waals surface area contributed by atoms with E-state index in [9.17, 15) is 4.79 Å². The van der Waals surface area contributed by atoms with Crippen LogP contribution in [0.15, 0.2) is 36.5 Å². The smallest absolute Gasteiger partial charge is 0.269 e. The van der Waals surface area contributed by atoms with Crippen LogP contribution < -0.4 is 10.2 Å². The average molecular weight is 412 g/mol. The molecule has 0 aliphatic carbocycles. The molecule has 0 aromatic carbocycles. The molecular formula is C23H33N5O2. The highest BCUT2D eigenvalue weighted by Gasteiger charge is 2.15. The number of anilines is 1. The zero-order valence-electron chi connectivity index (χ0n) is 18.5. The molecule has 1 aliphatic rings. The van der Waals surface area contributed by atoms with Crippen LogP contribution >= 0.6 is 0 Å². The van der Waals surface area contributed by atoms with E-state index in [1.807, 2.05) is 30.5 Å². The fourth-order valence-electron chi connectivity index (χ4n) is 3.74. The van der Waals surface area contributed by atoms with E-state index < -0.39 is 0 Å². The molecule has 162 valence electrons. The highest BCUT2D eigenvalue weighted by atomic mass is 16.5. The van der Waals surface area contributed by atoms with Crippen molar-refractivity contribution in [3.05, 3.63) is 42.2 Å². The second-order valence-corrected chi connectivity index (χ2v) is 8.09. The van der Waals surface area contributed by atoms with Crippen LogP contribution in [0.1, 0.15) is 38.2 Å². The predicted molar refractivity (Wildman–Crippen MR) is 120 cm³/mol. The molecule has 0 unspecified atom stereocenters. The molecule has 1 N–H and O–H groups in total. The van der Waals surface area contributed by atoms with Gasteiger partial charge in [0.25, 0.3) is 5.91 Å². The van der Waals surface area contributed by atoms with Crippen molar-refractivity contribution >= 4 is 11.7 Å². The molecule has 0 saturated carbocycles. The Kier molecular flexibility index (Phi) is 7.76. The third-order valence-electron chi connectivity index (χ3n) is 5.34. The molecule has 0 atom stereocenters. The molecular weight excluding hydrogens is 378 g/mol. The lowest BCUT2D eigenvalue weighted by molar-refractivity contribution is 0.0934. The van der Waals surface area contributed by atoms with Gasteiger partial charge in [-0.2, -0.15) is 0 Å². The van der Waals surface area contributed by atoms with E-state index in [1.54, 1.807) is 6.07 Å². The minimum atomic E-state index is -0.151. The Hall–Kier alpha value is -2.51. The quantitative estimate of drug-likeness (QED) is 0.720. The second-order valence-electron chi connectivity index (χ2n) is 8.09. The first-order chi connectivity index (χ1) is 14.5. The monoisotopic (exact) mass is 411 g/mol. The number of pyridine rings is 2. The van der Waals surface area contributed by atoms with Gasteiger partial charge in [0.1, 0.15) is 11.5 Å². The summed E-state index contributed by atoms with van der Waals surface area (Å²) in [4.78, 5) is 26.3. The lowest BCUT2D eigenvalue weighted by Gasteiger charge is -2.30. The van der Waals surface area contributed by atoms with Crippen LogP contribution in [0, 0.1) is 0 Å². The highest BCUT2D eigenvalue weighted by Crippen LogP contribution is 2.20. The van der Waals surface area contributed by atoms with Gasteiger partial charge in [0, 0.05) is 50.0 Å². The van der Waals surface area contributed by atoms with Crippen LogP contribution in [0.2, 0.25) is 0 Å². The number of carbonyl (C=O) groups is 1. The maximum atomic E-state index is 12.6. The molecule has 7 heteroatoms. The van der Waals surface area contributed by atoms with Gasteiger partial charge >= 0.3 is 0 Å². The van der Waals surface area contributed by atoms with Crippen LogP contribution in [-0.4, -0.2) is 72.3 Å². The number of hydrogen-bond donors (Lipinski definition) is 1. The maximum Gasteiger partial charge on any atom is 0.269 e. The number of ether oxygens (including phenoxy) is 1. The number of nitrogens with one attached hydrogen (secondary N) is 1. The fourth-order valence-corrected chi connectivity index (χ4v) is 3.74. The number of aromatic nitrogens is 2. The first-order valence-electron chi connectivity index (χ1n) is 10.8. The minimum absolute atomic E-state index is 0.151. The molecule has 0 bridgehead atoms. The highest BCUT2D eigenvalue weighted by molar-refractivity contribution is 5.92. The van der Waals surface area contributed by atoms with Gasteiger partial charge in [-0.05, 0) is 52.0 Å². The topological polar surface area (TPSA) is 70.6 Å². The SMILES string of the molecule is CC(C)N(CCNC(=O)c1cccc(-c2ccc(N3CCOCC3)nc2)n1)C(C)C. The molecule has 0 spiro atoms. The summed E-state index contributed by atoms with van der Waals surface area (Å²) in [5, 5.41) is 2.99. The Bertz CT molecular complexity index is 809. The van der Waals surface area contributed by atoms with Crippen LogP contribution in [0.4, 0.5) is 5.82 Å². The van der Waals surface area contributed by atoms with Crippen LogP contribution in [0.5, 0.6) is 0 Å². The van der Waals surface area contributed by atoms with E-state index in [1.165, 1.54) is 0 Å². The van der Waals surface area contributed by atoms with E-state index in [0.29, 0.717) is 24.3 Å². The van der Waals surface area contributed by atoms with Gasteiger partial charge in [0.05, 0.1) is 18.9 Å². The third kappa shape index (κ3) is 5.77. The van der Waals surface area contributed by atoms with Crippen molar-refractivity contribution in [3.8, 4) is 11.3 Å². The minimum Gasteiger partial charge on any atom is -0.378 e. The molecule has 2 aromatic heterocycles. The van der Waals surface area contributed by atoms with E-state index in [0.717, 1.165) is 49.9 Å². The molecule has 1 fully saturated rings. The van der Waals surface area contributed by atoms with Gasteiger partial charge in [-0.1, -0.05) is 6.07 Å². The molecule has 30 heavy (non-hydrogen) atoms. The largest absolute Gasteiger partial charge is 0.378 e. The summed E-state index contributed by atoms with van der Waals surface area (Å²) in [6.45, 7) is 13.3. The standard InChI is InChI=1S/C23H33N5O2/c1-17(2)28(18(3)4)11-10-24-23(29)21-7-5-6-20(26-21)19-8-9-22(25-16-19)27-12-14-30-15-13-27/h5-9,16-18H,10-15H2,1-4H3,(H,24,29). The van der Waals surface area contributed by atoms with Gasteiger partial charge < -0.3 is 15.0 Å². The summed E-state index contributed by atoms with van der Waals surface area (Å²) in [6, 6.07) is 10.4. The number of nitrogens with zero attached hydrogens (tertiary/aromatic N) is 4. The molecule has 1 amide bonds. The molecule has 2 aromatic rings. The first kappa shape index (κ1) is 22.2. The first-order valence-corrected chi connectivity index (χ1v) is 10.8. The molecule has 1 aliphatic heterocycles. The van der Waals surface area contributed by atoms with Crippen molar-refractivity contribution < 1.29 is 9.53 Å². The van der Waals surface area contributed by atoms with Crippen molar-refractivity contribution in [1.29, 1.82) is 0 Å². The van der Waals surface area contributed by atoms with Crippen molar-refractivity contribution in [2.24, 2.45) is 0 Å². The van der Waals surface area contributed by atoms with Crippen LogP contribution in [-0.2, 0) is 4.74 Å². The van der Waals surface area contributed by atoms with E-state index in [4.69, 9.17) is 4.74 Å². The number of hydrogen-bond acceptors (Lipinski definition) is 6. The normalized spacial score (nSPS) is 14.6. The van der Waals surface area contributed by atoms with E-state index in [2.05, 4.69) is 52.8 Å². The summed E-state index contributed by atoms with van der Waals surface area (Å²) < 4.78 is 5.39. The number of amides is 1. The molecule has 0 radical (unpaired) electrons. The summed E-state index contributed by atoms with van der Waals surface area (Å²) in [5.41, 5.74) is 2.06. The third-order valence-corrected chi connectivity index (χ3v) is 5.34. The van der Waals surface area contributed by atoms with Gasteiger partial charge in [-0.15, -0.1) is 0 Å². The Morgan fingerprint density at radius 3 is 2.50 bits per heavy atom. The zero-order chi connectivity index (χ0) is 21.5. The molecule has 3 heterocycles. The van der Waals surface area contributed by atoms with E-state index >= 15 is 0 Å². The van der Waals surface area contributed by atoms with E-state index in [-0.39, 0.29) is 5.91 Å². The van der Waals surface area contributed by atoms with Gasteiger partial charge in [0.2, 0.25) is 0 Å². The summed E-state index contributed by atoms with van der Waals surface area (Å²) in [7, 11) is 0. The average Bonchev–Trinajstić information content (AvgIpc) is 2.77. The number of rotatable bonds is 8. The summed E-state index contributed by atoms with van der Waals surface area (Å²) in [6.07, 6.45) is 1.82. The van der Waals surface area contributed by atoms with Crippen molar-refractivity contribution in [1.82, 2.24) is 20.2 Å². The summed E-state index contributed by atoms with van der Waals surface area (Å²) in [5.74, 6) is 0.790. The number of morpholine rings is 1. The zero-order valence-corrected chi connectivity index (χ0v) is 18.5. The molecule has 1 saturated heterocycles. The Morgan fingerprint density at radius 1 is 1.13 bits per heavy atom. The van der Waals surface area contributed by atoms with Crippen LogP contribution in [0.3, 0.4) is 0 Å². The fraction of sp³-hybridized carbons (Fsp3) is 0.522. The van der Waals surface area contributed by atoms with Gasteiger partial charge in [-0.25, -0.2) is 9.97 Å². The Labute approximate surface area is 179 Å². The number of carbonyl (C=O) groups excluding carboxylic acids is 1. The predicted octanol–water partition coefficient (Wildman–Crippen LogP) is 2.83. The molecule has 7 nitrogen and oxygen atoms in total. The second kappa shape index (κ2) is 10.5. The Morgan fingerprint density at radius 2 is 1.87 bits per heavy atom. The summed E-state index contributed by atoms with van der Waals surface area (Å²) >= 11 is 0. The van der Waals surface area contributed by atoms with Gasteiger partial charge in [0.15, 0.2) is 0 Å². The Balaban J connectivity index is 1.61. The van der Waals surface area contributed by atoms with Crippen LogP contribution in [0.25, 0.3) is 11.3 Å². The van der Waals surface area contributed by atoms with Crippen molar-refractivity contribution in [2.45, 2.75) is 39.8 Å². The lowest BCUT2D eigenvalue weighted by atomic mass is 10.1. The van der Waals surface area contributed by atoms with Gasteiger partial charge in [-0.3, -0.25) is 9.69 Å². The van der Waals surface area contributed by atoms with Crippen molar-refractivity contribution in [2.75, 3.05) is 44.3 Å². The van der Waals surface area contributed by atoms with Crippen molar-refractivity contribution in [3.63, 3.8) is 0 Å².